The van der Waals surface area contributed by atoms with Gasteiger partial charge in [0.2, 0.25) is 5.91 Å². The van der Waals surface area contributed by atoms with E-state index in [-0.39, 0.29) is 37.9 Å². The van der Waals surface area contributed by atoms with Crippen molar-refractivity contribution in [1.29, 1.82) is 0 Å². The van der Waals surface area contributed by atoms with Crippen molar-refractivity contribution in [3.05, 3.63) is 83.9 Å². The molecule has 0 aliphatic carbocycles. The Hall–Kier alpha value is -4.14. The molecule has 4 rings (SSSR count). The lowest BCUT2D eigenvalue weighted by atomic mass is 9.97. The largest absolute Gasteiger partial charge is 0.467 e. The van der Waals surface area contributed by atoms with Crippen molar-refractivity contribution in [2.24, 2.45) is 0 Å². The Morgan fingerprint density at radius 2 is 1.61 bits per heavy atom. The number of ether oxygens (including phenoxy) is 2. The van der Waals surface area contributed by atoms with Gasteiger partial charge in [-0.25, -0.2) is 9.59 Å². The molecule has 0 saturated carbocycles. The maximum Gasteiger partial charge on any atom is 0.410 e. The van der Waals surface area contributed by atoms with Crippen molar-refractivity contribution < 1.29 is 28.7 Å². The fourth-order valence-electron chi connectivity index (χ4n) is 4.49. The van der Waals surface area contributed by atoms with E-state index in [4.69, 9.17) is 9.47 Å². The number of hydrogen-bond donors (Lipinski definition) is 1. The molecule has 1 saturated heterocycles. The Bertz CT molecular complexity index is 1120. The normalized spacial score (nSPS) is 22.5. The highest BCUT2D eigenvalue weighted by Crippen LogP contribution is 2.25. The number of piperazine rings is 1. The number of amides is 3. The van der Waals surface area contributed by atoms with Crippen LogP contribution in [0.15, 0.2) is 72.8 Å². The highest BCUT2D eigenvalue weighted by molar-refractivity contribution is 5.98. The number of esters is 1. The molecule has 0 bridgehead atoms. The average Bonchev–Trinajstić information content (AvgIpc) is 2.92. The predicted octanol–water partition coefficient (Wildman–Crippen LogP) is 2.53. The molecular weight excluding hydrogens is 462 g/mol. The van der Waals surface area contributed by atoms with Crippen LogP contribution < -0.4 is 5.32 Å². The number of rotatable bonds is 5. The van der Waals surface area contributed by atoms with Crippen LogP contribution in [0.25, 0.3) is 0 Å². The zero-order valence-electron chi connectivity index (χ0n) is 20.0. The molecule has 0 unspecified atom stereocenters. The zero-order chi connectivity index (χ0) is 25.5. The van der Waals surface area contributed by atoms with E-state index in [9.17, 15) is 19.2 Å². The third-order valence-corrected chi connectivity index (χ3v) is 6.33. The standard InChI is InChI=1S/C27H29N3O6/c1-35-26(33)23-17-29(27(34)36-18-19-10-4-2-5-11-19)16-21-14-8-9-15-22(25(32)30(21)23)28-24(31)20-12-6-3-7-13-20/h2-13,21-23H,14-18H2,1H3,(H,28,31)/b9-8-/t21-,22-,23-/m0/s1. The fourth-order valence-corrected chi connectivity index (χ4v) is 4.49. The fraction of sp³-hybridized carbons (Fsp3) is 0.333. The van der Waals surface area contributed by atoms with Crippen LogP contribution >= 0.6 is 0 Å². The van der Waals surface area contributed by atoms with Gasteiger partial charge in [0, 0.05) is 12.1 Å². The number of fused-ring (bicyclic) bond motifs is 1. The molecule has 2 aromatic rings. The first-order valence-electron chi connectivity index (χ1n) is 11.8. The second-order valence-corrected chi connectivity index (χ2v) is 8.72. The molecular formula is C27H29N3O6. The monoisotopic (exact) mass is 491 g/mol. The highest BCUT2D eigenvalue weighted by Gasteiger charge is 2.45. The zero-order valence-corrected chi connectivity index (χ0v) is 20.0. The van der Waals surface area contributed by atoms with E-state index in [2.05, 4.69) is 5.32 Å². The topological polar surface area (TPSA) is 105 Å². The highest BCUT2D eigenvalue weighted by atomic mass is 16.6. The van der Waals surface area contributed by atoms with Gasteiger partial charge in [0.1, 0.15) is 18.7 Å². The number of hydrogen-bond acceptors (Lipinski definition) is 6. The molecule has 1 fully saturated rings. The van der Waals surface area contributed by atoms with Crippen LogP contribution in [0.4, 0.5) is 4.79 Å². The Kier molecular flexibility index (Phi) is 7.99. The summed E-state index contributed by atoms with van der Waals surface area (Å²) in [7, 11) is 1.24. The molecule has 2 aliphatic heterocycles. The Morgan fingerprint density at radius 3 is 2.31 bits per heavy atom. The number of benzene rings is 2. The first kappa shape index (κ1) is 25.0. The van der Waals surface area contributed by atoms with Crippen molar-refractivity contribution >= 4 is 23.9 Å². The van der Waals surface area contributed by atoms with Crippen LogP contribution in [-0.4, -0.2) is 72.0 Å². The van der Waals surface area contributed by atoms with E-state index >= 15 is 0 Å². The maximum atomic E-state index is 13.7. The second kappa shape index (κ2) is 11.5. The molecule has 0 radical (unpaired) electrons. The molecule has 2 heterocycles. The first-order chi connectivity index (χ1) is 17.5. The van der Waals surface area contributed by atoms with Crippen molar-refractivity contribution in [3.63, 3.8) is 0 Å². The van der Waals surface area contributed by atoms with Gasteiger partial charge in [-0.2, -0.15) is 0 Å². The van der Waals surface area contributed by atoms with Gasteiger partial charge in [-0.05, 0) is 30.5 Å². The van der Waals surface area contributed by atoms with E-state index in [1.54, 1.807) is 30.3 Å². The quantitative estimate of drug-likeness (QED) is 0.509. The van der Waals surface area contributed by atoms with Crippen molar-refractivity contribution in [2.75, 3.05) is 20.2 Å². The van der Waals surface area contributed by atoms with Gasteiger partial charge in [-0.3, -0.25) is 9.59 Å². The van der Waals surface area contributed by atoms with Gasteiger partial charge in [0.15, 0.2) is 0 Å². The number of nitrogens with one attached hydrogen (secondary N) is 1. The second-order valence-electron chi connectivity index (χ2n) is 8.72. The van der Waals surface area contributed by atoms with E-state index in [0.29, 0.717) is 12.0 Å². The molecule has 9 nitrogen and oxygen atoms in total. The SMILES string of the molecule is COC(=O)[C@@H]1CN(C(=O)OCc2ccccc2)C[C@@H]2C/C=C\C[C@H](NC(=O)c3ccccc3)C(=O)N21. The summed E-state index contributed by atoms with van der Waals surface area (Å²) in [6, 6.07) is 15.6. The molecule has 3 amide bonds. The summed E-state index contributed by atoms with van der Waals surface area (Å²) in [4.78, 5) is 54.9. The van der Waals surface area contributed by atoms with Gasteiger partial charge in [-0.15, -0.1) is 0 Å². The average molecular weight is 492 g/mol. The molecule has 0 aromatic heterocycles. The van der Waals surface area contributed by atoms with Crippen LogP contribution in [0, 0.1) is 0 Å². The summed E-state index contributed by atoms with van der Waals surface area (Å²) in [6.45, 7) is 0.224. The molecule has 2 aliphatic rings. The minimum atomic E-state index is -1.02. The smallest absolute Gasteiger partial charge is 0.410 e. The molecule has 3 atom stereocenters. The summed E-state index contributed by atoms with van der Waals surface area (Å²) in [5.41, 5.74) is 1.28. The third kappa shape index (κ3) is 5.73. The molecule has 36 heavy (non-hydrogen) atoms. The summed E-state index contributed by atoms with van der Waals surface area (Å²) in [5.74, 6) is -1.40. The number of nitrogens with zero attached hydrogens (tertiary/aromatic N) is 2. The lowest BCUT2D eigenvalue weighted by Crippen LogP contribution is -2.67. The number of methoxy groups -OCH3 is 1. The van der Waals surface area contributed by atoms with Gasteiger partial charge in [0.25, 0.3) is 5.91 Å². The minimum Gasteiger partial charge on any atom is -0.467 e. The molecule has 0 spiro atoms. The number of carbonyl (C=O) groups is 4. The van der Waals surface area contributed by atoms with E-state index in [0.717, 1.165) is 5.56 Å². The van der Waals surface area contributed by atoms with Crippen LogP contribution in [0.2, 0.25) is 0 Å². The van der Waals surface area contributed by atoms with Crippen LogP contribution in [0.3, 0.4) is 0 Å². The molecule has 2 aromatic carbocycles. The maximum absolute atomic E-state index is 13.7. The van der Waals surface area contributed by atoms with Crippen LogP contribution in [0.5, 0.6) is 0 Å². The van der Waals surface area contributed by atoms with Crippen LogP contribution in [0.1, 0.15) is 28.8 Å². The van der Waals surface area contributed by atoms with E-state index in [1.807, 2.05) is 42.5 Å². The van der Waals surface area contributed by atoms with Crippen molar-refractivity contribution in [1.82, 2.24) is 15.1 Å². The van der Waals surface area contributed by atoms with Crippen LogP contribution in [-0.2, 0) is 25.7 Å². The molecule has 9 heteroatoms. The predicted molar refractivity (Wildman–Crippen MR) is 131 cm³/mol. The van der Waals surface area contributed by atoms with E-state index in [1.165, 1.54) is 16.9 Å². The van der Waals surface area contributed by atoms with E-state index < -0.39 is 30.2 Å². The summed E-state index contributed by atoms with van der Waals surface area (Å²) >= 11 is 0. The summed E-state index contributed by atoms with van der Waals surface area (Å²) in [5, 5.41) is 2.80. The Morgan fingerprint density at radius 1 is 0.944 bits per heavy atom. The lowest BCUT2D eigenvalue weighted by Gasteiger charge is -2.46. The van der Waals surface area contributed by atoms with Crippen molar-refractivity contribution in [3.8, 4) is 0 Å². The number of carbonyl (C=O) groups excluding carboxylic acids is 4. The van der Waals surface area contributed by atoms with Crippen molar-refractivity contribution in [2.45, 2.75) is 37.6 Å². The summed E-state index contributed by atoms with van der Waals surface area (Å²) < 4.78 is 10.5. The lowest BCUT2D eigenvalue weighted by molar-refractivity contribution is -0.160. The third-order valence-electron chi connectivity index (χ3n) is 6.33. The van der Waals surface area contributed by atoms with Gasteiger partial charge in [-0.1, -0.05) is 60.7 Å². The Balaban J connectivity index is 1.51. The first-order valence-corrected chi connectivity index (χ1v) is 11.8. The van der Waals surface area contributed by atoms with Gasteiger partial charge in [0.05, 0.1) is 19.7 Å². The Labute approximate surface area is 209 Å². The minimum absolute atomic E-state index is 0.0639. The molecule has 188 valence electrons. The summed E-state index contributed by atoms with van der Waals surface area (Å²) in [6.07, 6.45) is 3.90. The molecule has 1 N–H and O–H groups in total. The van der Waals surface area contributed by atoms with Gasteiger partial charge < -0.3 is 24.6 Å². The van der Waals surface area contributed by atoms with Gasteiger partial charge >= 0.3 is 12.1 Å².